The molecule has 2 atom stereocenters. The maximum absolute atomic E-state index is 6.06. The van der Waals surface area contributed by atoms with Crippen LogP contribution in [0.25, 0.3) is 0 Å². The van der Waals surface area contributed by atoms with Gasteiger partial charge in [-0.1, -0.05) is 30.3 Å². The van der Waals surface area contributed by atoms with Crippen molar-refractivity contribution in [2.24, 2.45) is 5.73 Å². The SMILES string of the molecule is C[C@H](N)c1ccc(OC2CCCc3ccccc32)nc1. The lowest BCUT2D eigenvalue weighted by Gasteiger charge is -2.25. The van der Waals surface area contributed by atoms with Gasteiger partial charge in [-0.2, -0.15) is 0 Å². The minimum Gasteiger partial charge on any atom is -0.469 e. The van der Waals surface area contributed by atoms with Crippen LogP contribution in [-0.4, -0.2) is 4.98 Å². The number of aromatic nitrogens is 1. The fourth-order valence-corrected chi connectivity index (χ4v) is 2.71. The zero-order chi connectivity index (χ0) is 13.9. The highest BCUT2D eigenvalue weighted by atomic mass is 16.5. The number of pyridine rings is 1. The third-order valence-corrected chi connectivity index (χ3v) is 3.86. The van der Waals surface area contributed by atoms with Gasteiger partial charge in [0.1, 0.15) is 6.10 Å². The minimum absolute atomic E-state index is 0.00644. The Bertz CT molecular complexity index is 578. The molecule has 0 fully saturated rings. The lowest BCUT2D eigenvalue weighted by molar-refractivity contribution is 0.175. The lowest BCUT2D eigenvalue weighted by Crippen LogP contribution is -2.15. The fraction of sp³-hybridized carbons (Fsp3) is 0.353. The summed E-state index contributed by atoms with van der Waals surface area (Å²) in [5.41, 5.74) is 9.56. The molecule has 0 amide bonds. The molecule has 2 aromatic rings. The Morgan fingerprint density at radius 1 is 1.25 bits per heavy atom. The molecule has 20 heavy (non-hydrogen) atoms. The summed E-state index contributed by atoms with van der Waals surface area (Å²) in [7, 11) is 0. The van der Waals surface area contributed by atoms with E-state index in [-0.39, 0.29) is 12.1 Å². The number of hydrogen-bond acceptors (Lipinski definition) is 3. The molecule has 104 valence electrons. The molecule has 2 N–H and O–H groups in total. The van der Waals surface area contributed by atoms with E-state index in [0.29, 0.717) is 5.88 Å². The first kappa shape index (κ1) is 13.1. The lowest BCUT2D eigenvalue weighted by atomic mass is 9.89. The van der Waals surface area contributed by atoms with Gasteiger partial charge in [0.2, 0.25) is 5.88 Å². The zero-order valence-electron chi connectivity index (χ0n) is 11.8. The van der Waals surface area contributed by atoms with E-state index in [9.17, 15) is 0 Å². The van der Waals surface area contributed by atoms with Gasteiger partial charge in [0.25, 0.3) is 0 Å². The second-order valence-corrected chi connectivity index (χ2v) is 5.42. The topological polar surface area (TPSA) is 48.1 Å². The van der Waals surface area contributed by atoms with Crippen molar-refractivity contribution in [3.63, 3.8) is 0 Å². The summed E-state index contributed by atoms with van der Waals surface area (Å²) < 4.78 is 6.06. The first-order valence-corrected chi connectivity index (χ1v) is 7.20. The second kappa shape index (κ2) is 5.63. The highest BCUT2D eigenvalue weighted by Crippen LogP contribution is 2.32. The summed E-state index contributed by atoms with van der Waals surface area (Å²) in [6.45, 7) is 1.95. The molecule has 0 radical (unpaired) electrons. The molecule has 0 aliphatic heterocycles. The van der Waals surface area contributed by atoms with E-state index in [1.807, 2.05) is 19.1 Å². The van der Waals surface area contributed by atoms with Crippen LogP contribution in [0.5, 0.6) is 5.88 Å². The highest BCUT2D eigenvalue weighted by molar-refractivity contribution is 5.32. The average molecular weight is 268 g/mol. The predicted octanol–water partition coefficient (Wildman–Crippen LogP) is 3.56. The quantitative estimate of drug-likeness (QED) is 0.926. The van der Waals surface area contributed by atoms with Crippen LogP contribution in [0.2, 0.25) is 0 Å². The Labute approximate surface area is 119 Å². The van der Waals surface area contributed by atoms with Crippen LogP contribution in [0.1, 0.15) is 48.6 Å². The molecular weight excluding hydrogens is 248 g/mol. The maximum atomic E-state index is 6.06. The predicted molar refractivity (Wildman–Crippen MR) is 79.6 cm³/mol. The molecule has 1 heterocycles. The molecule has 0 saturated carbocycles. The molecule has 0 saturated heterocycles. The Morgan fingerprint density at radius 2 is 2.10 bits per heavy atom. The highest BCUT2D eigenvalue weighted by Gasteiger charge is 2.21. The van der Waals surface area contributed by atoms with E-state index in [1.54, 1.807) is 6.20 Å². The van der Waals surface area contributed by atoms with Crippen molar-refractivity contribution in [2.75, 3.05) is 0 Å². The fourth-order valence-electron chi connectivity index (χ4n) is 2.71. The second-order valence-electron chi connectivity index (χ2n) is 5.42. The monoisotopic (exact) mass is 268 g/mol. The van der Waals surface area contributed by atoms with E-state index in [0.717, 1.165) is 18.4 Å². The zero-order valence-corrected chi connectivity index (χ0v) is 11.8. The van der Waals surface area contributed by atoms with Crippen molar-refractivity contribution in [2.45, 2.75) is 38.3 Å². The van der Waals surface area contributed by atoms with Crippen molar-refractivity contribution in [1.29, 1.82) is 0 Å². The molecular formula is C17H20N2O. The number of aryl methyl sites for hydroxylation is 1. The first-order valence-electron chi connectivity index (χ1n) is 7.20. The molecule has 0 spiro atoms. The van der Waals surface area contributed by atoms with E-state index >= 15 is 0 Å². The van der Waals surface area contributed by atoms with Crippen molar-refractivity contribution in [1.82, 2.24) is 4.98 Å². The van der Waals surface area contributed by atoms with Gasteiger partial charge in [-0.15, -0.1) is 0 Å². The van der Waals surface area contributed by atoms with Crippen LogP contribution in [0.3, 0.4) is 0 Å². The number of nitrogens with two attached hydrogens (primary N) is 1. The molecule has 3 nitrogen and oxygen atoms in total. The normalized spacial score (nSPS) is 19.2. The van der Waals surface area contributed by atoms with Crippen molar-refractivity contribution < 1.29 is 4.74 Å². The Morgan fingerprint density at radius 3 is 2.85 bits per heavy atom. The van der Waals surface area contributed by atoms with E-state index in [1.165, 1.54) is 17.5 Å². The van der Waals surface area contributed by atoms with Gasteiger partial charge >= 0.3 is 0 Å². The van der Waals surface area contributed by atoms with Crippen LogP contribution in [0.15, 0.2) is 42.6 Å². The number of rotatable bonds is 3. The Hall–Kier alpha value is -1.87. The van der Waals surface area contributed by atoms with Crippen LogP contribution in [-0.2, 0) is 6.42 Å². The van der Waals surface area contributed by atoms with Crippen LogP contribution < -0.4 is 10.5 Å². The van der Waals surface area contributed by atoms with Crippen LogP contribution in [0.4, 0.5) is 0 Å². The molecule has 3 heteroatoms. The summed E-state index contributed by atoms with van der Waals surface area (Å²) in [5.74, 6) is 0.677. The standard InChI is InChI=1S/C17H20N2O/c1-12(18)14-9-10-17(19-11-14)20-16-8-4-6-13-5-2-3-7-15(13)16/h2-3,5,7,9-12,16H,4,6,8,18H2,1H3/t12-,16?/m0/s1. The molecule has 0 bridgehead atoms. The number of nitrogens with zero attached hydrogens (tertiary/aromatic N) is 1. The number of benzene rings is 1. The molecule has 1 aromatic carbocycles. The van der Waals surface area contributed by atoms with Crippen LogP contribution in [0, 0.1) is 0 Å². The maximum Gasteiger partial charge on any atom is 0.213 e. The molecule has 1 aliphatic carbocycles. The van der Waals surface area contributed by atoms with Crippen molar-refractivity contribution >= 4 is 0 Å². The molecule has 1 aromatic heterocycles. The molecule has 1 unspecified atom stereocenters. The first-order chi connectivity index (χ1) is 9.74. The molecule has 1 aliphatic rings. The third kappa shape index (κ3) is 2.68. The summed E-state index contributed by atoms with van der Waals surface area (Å²) in [5, 5.41) is 0. The summed E-state index contributed by atoms with van der Waals surface area (Å²) in [6, 6.07) is 12.4. The van der Waals surface area contributed by atoms with E-state index in [2.05, 4.69) is 29.2 Å². The van der Waals surface area contributed by atoms with Gasteiger partial charge in [0.05, 0.1) is 0 Å². The largest absolute Gasteiger partial charge is 0.469 e. The number of ether oxygens (including phenoxy) is 1. The smallest absolute Gasteiger partial charge is 0.213 e. The van der Waals surface area contributed by atoms with Gasteiger partial charge in [0, 0.05) is 18.3 Å². The van der Waals surface area contributed by atoms with Gasteiger partial charge in [0.15, 0.2) is 0 Å². The van der Waals surface area contributed by atoms with Crippen LogP contribution >= 0.6 is 0 Å². The minimum atomic E-state index is 0.00644. The van der Waals surface area contributed by atoms with Gasteiger partial charge in [-0.3, -0.25) is 0 Å². The van der Waals surface area contributed by atoms with Gasteiger partial charge in [-0.25, -0.2) is 4.98 Å². The number of hydrogen-bond donors (Lipinski definition) is 1. The summed E-state index contributed by atoms with van der Waals surface area (Å²) >= 11 is 0. The van der Waals surface area contributed by atoms with E-state index in [4.69, 9.17) is 10.5 Å². The van der Waals surface area contributed by atoms with Crippen molar-refractivity contribution in [3.8, 4) is 5.88 Å². The third-order valence-electron chi connectivity index (χ3n) is 3.86. The Kier molecular flexibility index (Phi) is 3.70. The Balaban J connectivity index is 1.78. The van der Waals surface area contributed by atoms with E-state index < -0.39 is 0 Å². The van der Waals surface area contributed by atoms with Crippen molar-refractivity contribution in [3.05, 3.63) is 59.3 Å². The summed E-state index contributed by atoms with van der Waals surface area (Å²) in [4.78, 5) is 4.36. The molecule has 3 rings (SSSR count). The average Bonchev–Trinajstić information content (AvgIpc) is 2.48. The van der Waals surface area contributed by atoms with Gasteiger partial charge in [-0.05, 0) is 42.9 Å². The van der Waals surface area contributed by atoms with Gasteiger partial charge < -0.3 is 10.5 Å². The summed E-state index contributed by atoms with van der Waals surface area (Å²) in [6.07, 6.45) is 5.28. The number of fused-ring (bicyclic) bond motifs is 1.